The first kappa shape index (κ1) is 18.6. The van der Waals surface area contributed by atoms with Crippen molar-refractivity contribution in [3.63, 3.8) is 0 Å². The molecule has 0 unspecified atom stereocenters. The lowest BCUT2D eigenvalue weighted by molar-refractivity contribution is 0.0601. The van der Waals surface area contributed by atoms with E-state index in [2.05, 4.69) is 15.5 Å². The molecule has 0 saturated carbocycles. The Morgan fingerprint density at radius 1 is 1.14 bits per heavy atom. The van der Waals surface area contributed by atoms with Crippen molar-refractivity contribution in [3.8, 4) is 17.6 Å². The van der Waals surface area contributed by atoms with E-state index in [0.29, 0.717) is 17.1 Å². The second-order valence-electron chi connectivity index (χ2n) is 5.55. The Bertz CT molecular complexity index is 1070. The standard InChI is InChI=1S/C19H15N5O4/c1-27-13-3-4-15(14(9-13)19(26)28-2)21-18(25)16-5-6-17(23-22-16)24-8-7-12(10-20)11-24/h3-9,11H,1-2H3,(H,21,25). The van der Waals surface area contributed by atoms with Crippen LogP contribution in [0.4, 0.5) is 5.69 Å². The highest BCUT2D eigenvalue weighted by Crippen LogP contribution is 2.23. The van der Waals surface area contributed by atoms with Gasteiger partial charge >= 0.3 is 5.97 Å². The van der Waals surface area contributed by atoms with Gasteiger partial charge in [0.1, 0.15) is 11.8 Å². The molecule has 3 aromatic rings. The summed E-state index contributed by atoms with van der Waals surface area (Å²) in [5.41, 5.74) is 0.949. The summed E-state index contributed by atoms with van der Waals surface area (Å²) in [5, 5.41) is 19.4. The summed E-state index contributed by atoms with van der Waals surface area (Å²) in [5.74, 6) is -0.250. The number of esters is 1. The fourth-order valence-electron chi connectivity index (χ4n) is 2.41. The van der Waals surface area contributed by atoms with Crippen LogP contribution in [0.1, 0.15) is 26.4 Å². The minimum atomic E-state index is -0.614. The van der Waals surface area contributed by atoms with Gasteiger partial charge in [-0.1, -0.05) is 0 Å². The predicted molar refractivity (Wildman–Crippen MR) is 98.4 cm³/mol. The number of nitrogens with one attached hydrogen (secondary N) is 1. The number of carbonyl (C=O) groups is 2. The van der Waals surface area contributed by atoms with Gasteiger partial charge in [-0.2, -0.15) is 5.26 Å². The van der Waals surface area contributed by atoms with Crippen molar-refractivity contribution in [2.24, 2.45) is 0 Å². The van der Waals surface area contributed by atoms with Crippen molar-refractivity contribution >= 4 is 17.6 Å². The number of ether oxygens (including phenoxy) is 2. The third kappa shape index (κ3) is 3.81. The normalized spacial score (nSPS) is 10.0. The zero-order valence-corrected chi connectivity index (χ0v) is 15.0. The summed E-state index contributed by atoms with van der Waals surface area (Å²) in [6.07, 6.45) is 3.27. The van der Waals surface area contributed by atoms with Gasteiger partial charge in [0.15, 0.2) is 11.5 Å². The average Bonchev–Trinajstić information content (AvgIpc) is 3.23. The van der Waals surface area contributed by atoms with Crippen LogP contribution in [0, 0.1) is 11.3 Å². The van der Waals surface area contributed by atoms with Crippen molar-refractivity contribution in [1.29, 1.82) is 5.26 Å². The minimum Gasteiger partial charge on any atom is -0.497 e. The molecule has 0 aliphatic carbocycles. The largest absolute Gasteiger partial charge is 0.497 e. The number of benzene rings is 1. The van der Waals surface area contributed by atoms with Gasteiger partial charge in [0.2, 0.25) is 0 Å². The summed E-state index contributed by atoms with van der Waals surface area (Å²) in [6, 6.07) is 11.4. The van der Waals surface area contributed by atoms with Crippen LogP contribution in [-0.4, -0.2) is 40.9 Å². The topological polar surface area (TPSA) is 119 Å². The van der Waals surface area contributed by atoms with Gasteiger partial charge in [0.25, 0.3) is 5.91 Å². The fraction of sp³-hybridized carbons (Fsp3) is 0.105. The van der Waals surface area contributed by atoms with E-state index in [1.807, 2.05) is 6.07 Å². The lowest BCUT2D eigenvalue weighted by Crippen LogP contribution is -2.17. The highest BCUT2D eigenvalue weighted by molar-refractivity contribution is 6.07. The molecule has 2 aromatic heterocycles. The summed E-state index contributed by atoms with van der Waals surface area (Å²) in [7, 11) is 2.71. The van der Waals surface area contributed by atoms with E-state index in [0.717, 1.165) is 0 Å². The third-order valence-electron chi connectivity index (χ3n) is 3.85. The second kappa shape index (κ2) is 8.01. The van der Waals surface area contributed by atoms with Crippen molar-refractivity contribution in [2.75, 3.05) is 19.5 Å². The number of methoxy groups -OCH3 is 2. The van der Waals surface area contributed by atoms with Gasteiger partial charge in [0.05, 0.1) is 31.0 Å². The molecule has 1 N–H and O–H groups in total. The maximum Gasteiger partial charge on any atom is 0.340 e. The average molecular weight is 377 g/mol. The first-order valence-electron chi connectivity index (χ1n) is 8.05. The van der Waals surface area contributed by atoms with Crippen LogP contribution in [0.2, 0.25) is 0 Å². The third-order valence-corrected chi connectivity index (χ3v) is 3.85. The molecule has 3 rings (SSSR count). The number of hydrogen-bond donors (Lipinski definition) is 1. The lowest BCUT2D eigenvalue weighted by atomic mass is 10.1. The van der Waals surface area contributed by atoms with Crippen LogP contribution >= 0.6 is 0 Å². The molecular formula is C19H15N5O4. The molecule has 140 valence electrons. The molecule has 0 radical (unpaired) electrons. The van der Waals surface area contributed by atoms with Gasteiger partial charge in [-0.3, -0.25) is 4.79 Å². The van der Waals surface area contributed by atoms with E-state index in [9.17, 15) is 9.59 Å². The van der Waals surface area contributed by atoms with Gasteiger partial charge in [0, 0.05) is 12.4 Å². The van der Waals surface area contributed by atoms with Crippen molar-refractivity contribution in [2.45, 2.75) is 0 Å². The Morgan fingerprint density at radius 2 is 1.96 bits per heavy atom. The lowest BCUT2D eigenvalue weighted by Gasteiger charge is -2.11. The Kier molecular flexibility index (Phi) is 5.32. The molecule has 0 spiro atoms. The number of carbonyl (C=O) groups excluding carboxylic acids is 2. The number of amides is 1. The molecule has 0 saturated heterocycles. The summed E-state index contributed by atoms with van der Waals surface area (Å²) >= 11 is 0. The van der Waals surface area contributed by atoms with E-state index < -0.39 is 11.9 Å². The number of anilines is 1. The fourth-order valence-corrected chi connectivity index (χ4v) is 2.41. The Morgan fingerprint density at radius 3 is 2.57 bits per heavy atom. The molecule has 2 heterocycles. The second-order valence-corrected chi connectivity index (χ2v) is 5.55. The Labute approximate surface area is 160 Å². The van der Waals surface area contributed by atoms with Gasteiger partial charge in [-0.25, -0.2) is 4.79 Å². The van der Waals surface area contributed by atoms with E-state index in [1.165, 1.54) is 32.4 Å². The summed E-state index contributed by atoms with van der Waals surface area (Å²) in [6.45, 7) is 0. The number of aromatic nitrogens is 3. The minimum absolute atomic E-state index is 0.0584. The van der Waals surface area contributed by atoms with Crippen LogP contribution in [0.25, 0.3) is 5.82 Å². The molecule has 0 bridgehead atoms. The quantitative estimate of drug-likeness (QED) is 0.677. The molecule has 1 aromatic carbocycles. The molecule has 0 aliphatic heterocycles. The predicted octanol–water partition coefficient (Wildman–Crippen LogP) is 2.19. The van der Waals surface area contributed by atoms with Gasteiger partial charge in [-0.15, -0.1) is 10.2 Å². The SMILES string of the molecule is COC(=O)c1cc(OC)ccc1NC(=O)c1ccc(-n2ccc(C#N)c2)nn1. The molecule has 1 amide bonds. The number of rotatable bonds is 5. The van der Waals surface area contributed by atoms with Gasteiger partial charge < -0.3 is 19.4 Å². The molecule has 9 heteroatoms. The van der Waals surface area contributed by atoms with Crippen LogP contribution in [0.5, 0.6) is 5.75 Å². The highest BCUT2D eigenvalue weighted by Gasteiger charge is 2.17. The summed E-state index contributed by atoms with van der Waals surface area (Å²) < 4.78 is 11.5. The van der Waals surface area contributed by atoms with E-state index in [-0.39, 0.29) is 16.9 Å². The van der Waals surface area contributed by atoms with Crippen LogP contribution < -0.4 is 10.1 Å². The number of nitriles is 1. The Balaban J connectivity index is 1.81. The monoisotopic (exact) mass is 377 g/mol. The Hall–Kier alpha value is -4.19. The maximum absolute atomic E-state index is 12.5. The zero-order valence-electron chi connectivity index (χ0n) is 15.0. The van der Waals surface area contributed by atoms with Crippen LogP contribution in [0.15, 0.2) is 48.8 Å². The molecule has 28 heavy (non-hydrogen) atoms. The molecular weight excluding hydrogens is 362 g/mol. The van der Waals surface area contributed by atoms with E-state index >= 15 is 0 Å². The van der Waals surface area contributed by atoms with Gasteiger partial charge in [-0.05, 0) is 36.4 Å². The molecule has 9 nitrogen and oxygen atoms in total. The highest BCUT2D eigenvalue weighted by atomic mass is 16.5. The molecule has 0 fully saturated rings. The maximum atomic E-state index is 12.5. The zero-order chi connectivity index (χ0) is 20.1. The molecule has 0 aliphatic rings. The van der Waals surface area contributed by atoms with Crippen molar-refractivity contribution in [3.05, 3.63) is 65.6 Å². The van der Waals surface area contributed by atoms with Crippen molar-refractivity contribution in [1.82, 2.24) is 14.8 Å². The first-order valence-corrected chi connectivity index (χ1v) is 8.05. The van der Waals surface area contributed by atoms with Crippen LogP contribution in [-0.2, 0) is 4.74 Å². The van der Waals surface area contributed by atoms with E-state index in [1.54, 1.807) is 35.2 Å². The number of nitrogens with zero attached hydrogens (tertiary/aromatic N) is 4. The smallest absolute Gasteiger partial charge is 0.340 e. The number of hydrogen-bond acceptors (Lipinski definition) is 7. The summed E-state index contributed by atoms with van der Waals surface area (Å²) in [4.78, 5) is 24.4. The molecule has 0 atom stereocenters. The van der Waals surface area contributed by atoms with Crippen molar-refractivity contribution < 1.29 is 19.1 Å². The van der Waals surface area contributed by atoms with Crippen LogP contribution in [0.3, 0.4) is 0 Å². The van der Waals surface area contributed by atoms with E-state index in [4.69, 9.17) is 14.7 Å². The first-order chi connectivity index (χ1) is 13.5.